The zero-order valence-electron chi connectivity index (χ0n) is 12.2. The number of nitrogens with one attached hydrogen (secondary N) is 1. The lowest BCUT2D eigenvalue weighted by Crippen LogP contribution is -2.43. The molecular weight excluding hydrogens is 337 g/mol. The van der Waals surface area contributed by atoms with Crippen LogP contribution in [0, 0.1) is 0 Å². The summed E-state index contributed by atoms with van der Waals surface area (Å²) in [6.45, 7) is 4.24. The van der Waals surface area contributed by atoms with Crippen LogP contribution >= 0.6 is 34.5 Å². The third-order valence-electron chi connectivity index (χ3n) is 3.61. The number of allylic oxidation sites excluding steroid dienone is 1. The Labute approximate surface area is 143 Å². The van der Waals surface area contributed by atoms with E-state index in [1.165, 1.54) is 16.9 Å². The number of ketones is 1. The molecule has 1 N–H and O–H groups in total. The van der Waals surface area contributed by atoms with Crippen LogP contribution in [0.1, 0.15) is 35.3 Å². The number of thiophene rings is 1. The molecule has 114 valence electrons. The van der Waals surface area contributed by atoms with Crippen LogP contribution < -0.4 is 5.32 Å². The Kier molecular flexibility index (Phi) is 4.06. The second kappa shape index (κ2) is 5.73. The maximum absolute atomic E-state index is 12.5. The van der Waals surface area contributed by atoms with Crippen LogP contribution in [-0.2, 0) is 6.42 Å². The summed E-state index contributed by atoms with van der Waals surface area (Å²) >= 11 is 13.2. The fraction of sp³-hybridized carbons (Fsp3) is 0.235. The lowest BCUT2D eigenvalue weighted by atomic mass is 9.85. The summed E-state index contributed by atoms with van der Waals surface area (Å²) in [7, 11) is 0. The van der Waals surface area contributed by atoms with Crippen LogP contribution in [0.5, 0.6) is 0 Å². The van der Waals surface area contributed by atoms with E-state index in [-0.39, 0.29) is 11.3 Å². The number of hydrogen-bond acceptors (Lipinski definition) is 3. The lowest BCUT2D eigenvalue weighted by molar-refractivity contribution is 0.104. The van der Waals surface area contributed by atoms with Crippen molar-refractivity contribution in [1.82, 2.24) is 5.32 Å². The molecule has 22 heavy (non-hydrogen) atoms. The smallest absolute Gasteiger partial charge is 0.190 e. The third-order valence-corrected chi connectivity index (χ3v) is 5.10. The van der Waals surface area contributed by atoms with Crippen molar-refractivity contribution in [3.8, 4) is 0 Å². The summed E-state index contributed by atoms with van der Waals surface area (Å²) in [6, 6.07) is 9.75. The van der Waals surface area contributed by atoms with Gasteiger partial charge in [-0.25, -0.2) is 0 Å². The molecule has 0 unspecified atom stereocenters. The van der Waals surface area contributed by atoms with Gasteiger partial charge < -0.3 is 5.32 Å². The third kappa shape index (κ3) is 3.07. The molecule has 5 heteroatoms. The standard InChI is InChI=1S/C17H15Cl2NOS/c1-17(2)9-10-5-3-4-6-11(10)13(20-17)8-14(21)12-7-15(18)22-16(12)19/h3-8,20H,9H2,1-2H3/b13-8-. The van der Waals surface area contributed by atoms with Gasteiger partial charge >= 0.3 is 0 Å². The van der Waals surface area contributed by atoms with Crippen LogP contribution in [0.4, 0.5) is 0 Å². The predicted octanol–water partition coefficient (Wildman–Crippen LogP) is 5.20. The van der Waals surface area contributed by atoms with Crippen molar-refractivity contribution >= 4 is 46.0 Å². The van der Waals surface area contributed by atoms with Gasteiger partial charge in [-0.3, -0.25) is 4.79 Å². The zero-order chi connectivity index (χ0) is 15.9. The zero-order valence-corrected chi connectivity index (χ0v) is 14.6. The predicted molar refractivity (Wildman–Crippen MR) is 94.0 cm³/mol. The van der Waals surface area contributed by atoms with E-state index in [0.717, 1.165) is 17.7 Å². The molecular formula is C17H15Cl2NOS. The van der Waals surface area contributed by atoms with E-state index in [0.29, 0.717) is 14.2 Å². The summed E-state index contributed by atoms with van der Waals surface area (Å²) in [4.78, 5) is 12.5. The van der Waals surface area contributed by atoms with Gasteiger partial charge in [0.05, 0.1) is 9.90 Å². The molecule has 1 aromatic carbocycles. The summed E-state index contributed by atoms with van der Waals surface area (Å²) < 4.78 is 0.944. The number of fused-ring (bicyclic) bond motifs is 1. The number of hydrogen-bond donors (Lipinski definition) is 1. The molecule has 2 nitrogen and oxygen atoms in total. The number of carbonyl (C=O) groups is 1. The number of halogens is 2. The Bertz CT molecular complexity index is 777. The maximum Gasteiger partial charge on any atom is 0.190 e. The molecule has 0 saturated heterocycles. The van der Waals surface area contributed by atoms with Gasteiger partial charge in [-0.1, -0.05) is 47.5 Å². The van der Waals surface area contributed by atoms with Crippen LogP contribution in [0.15, 0.2) is 36.4 Å². The minimum Gasteiger partial charge on any atom is -0.379 e. The first-order chi connectivity index (χ1) is 10.4. The molecule has 0 saturated carbocycles. The second-order valence-corrected chi connectivity index (χ2v) is 8.29. The van der Waals surface area contributed by atoms with Crippen molar-refractivity contribution in [3.63, 3.8) is 0 Å². The average molecular weight is 352 g/mol. The van der Waals surface area contributed by atoms with Crippen molar-refractivity contribution < 1.29 is 4.79 Å². The minimum atomic E-state index is -0.136. The summed E-state index contributed by atoms with van der Waals surface area (Å²) in [6.07, 6.45) is 2.53. The van der Waals surface area contributed by atoms with Crippen molar-refractivity contribution in [2.24, 2.45) is 0 Å². The van der Waals surface area contributed by atoms with E-state index in [1.54, 1.807) is 12.1 Å². The van der Waals surface area contributed by atoms with E-state index in [4.69, 9.17) is 23.2 Å². The minimum absolute atomic E-state index is 0.101. The molecule has 0 bridgehead atoms. The van der Waals surface area contributed by atoms with E-state index >= 15 is 0 Å². The highest BCUT2D eigenvalue weighted by Crippen LogP contribution is 2.33. The number of rotatable bonds is 2. The van der Waals surface area contributed by atoms with Crippen LogP contribution in [0.3, 0.4) is 0 Å². The molecule has 0 fully saturated rings. The van der Waals surface area contributed by atoms with Crippen LogP contribution in [0.25, 0.3) is 5.70 Å². The first-order valence-electron chi connectivity index (χ1n) is 6.93. The molecule has 1 aliphatic rings. The first-order valence-corrected chi connectivity index (χ1v) is 8.50. The van der Waals surface area contributed by atoms with Gasteiger partial charge in [0.2, 0.25) is 0 Å². The second-order valence-electron chi connectivity index (χ2n) is 6.00. The van der Waals surface area contributed by atoms with Crippen LogP contribution in [-0.4, -0.2) is 11.3 Å². The van der Waals surface area contributed by atoms with Gasteiger partial charge in [0.1, 0.15) is 4.34 Å². The number of carbonyl (C=O) groups excluding carboxylic acids is 1. The molecule has 0 aliphatic carbocycles. The fourth-order valence-corrected chi connectivity index (χ4v) is 4.19. The van der Waals surface area contributed by atoms with Crippen molar-refractivity contribution in [1.29, 1.82) is 0 Å². The highest BCUT2D eigenvalue weighted by atomic mass is 35.5. The van der Waals surface area contributed by atoms with E-state index < -0.39 is 0 Å². The Hall–Kier alpha value is -1.29. The van der Waals surface area contributed by atoms with Gasteiger partial charge in [-0.05, 0) is 31.9 Å². The Morgan fingerprint density at radius 2 is 2.05 bits per heavy atom. The molecule has 2 heterocycles. The molecule has 1 aliphatic heterocycles. The molecule has 2 aromatic rings. The SMILES string of the molecule is CC1(C)Cc2ccccc2/C(=C/C(=O)c2cc(Cl)sc2Cl)N1. The number of benzene rings is 1. The first kappa shape index (κ1) is 15.6. The Morgan fingerprint density at radius 3 is 2.73 bits per heavy atom. The van der Waals surface area contributed by atoms with Crippen molar-refractivity contribution in [3.05, 3.63) is 61.8 Å². The van der Waals surface area contributed by atoms with Gasteiger partial charge in [-0.2, -0.15) is 0 Å². The van der Waals surface area contributed by atoms with Crippen molar-refractivity contribution in [2.45, 2.75) is 25.8 Å². The normalized spacial score (nSPS) is 17.9. The van der Waals surface area contributed by atoms with Gasteiger partial charge in [-0.15, -0.1) is 11.3 Å². The average Bonchev–Trinajstić information content (AvgIpc) is 2.76. The topological polar surface area (TPSA) is 29.1 Å². The largest absolute Gasteiger partial charge is 0.379 e. The highest BCUT2D eigenvalue weighted by molar-refractivity contribution is 7.20. The van der Waals surface area contributed by atoms with E-state index in [9.17, 15) is 4.79 Å². The Balaban J connectivity index is 2.03. The molecule has 0 amide bonds. The van der Waals surface area contributed by atoms with Gasteiger partial charge in [0, 0.05) is 22.9 Å². The van der Waals surface area contributed by atoms with Gasteiger partial charge in [0.25, 0.3) is 0 Å². The summed E-state index contributed by atoms with van der Waals surface area (Å²) in [5.74, 6) is -0.136. The molecule has 1 aromatic heterocycles. The molecule has 0 spiro atoms. The maximum atomic E-state index is 12.5. The lowest BCUT2D eigenvalue weighted by Gasteiger charge is -2.35. The fourth-order valence-electron chi connectivity index (χ4n) is 2.72. The van der Waals surface area contributed by atoms with Crippen LogP contribution in [0.2, 0.25) is 8.67 Å². The molecule has 0 atom stereocenters. The summed E-state index contributed by atoms with van der Waals surface area (Å²) in [5, 5.41) is 3.44. The quantitative estimate of drug-likeness (QED) is 0.594. The summed E-state index contributed by atoms with van der Waals surface area (Å²) in [5.41, 5.74) is 3.48. The van der Waals surface area contributed by atoms with E-state index in [2.05, 4.69) is 25.2 Å². The monoisotopic (exact) mass is 351 g/mol. The van der Waals surface area contributed by atoms with Crippen molar-refractivity contribution in [2.75, 3.05) is 0 Å². The Morgan fingerprint density at radius 1 is 1.32 bits per heavy atom. The van der Waals surface area contributed by atoms with Gasteiger partial charge in [0.15, 0.2) is 5.78 Å². The molecule has 3 rings (SSSR count). The molecule has 0 radical (unpaired) electrons. The highest BCUT2D eigenvalue weighted by Gasteiger charge is 2.28. The van der Waals surface area contributed by atoms with E-state index in [1.807, 2.05) is 18.2 Å².